The molecule has 3 heteroatoms. The predicted octanol–water partition coefficient (Wildman–Crippen LogP) is 1.81. The minimum atomic E-state index is 0.396. The maximum atomic E-state index is 4.18. The zero-order chi connectivity index (χ0) is 9.86. The SMILES string of the molecule is CC1(NCCn2cccn2)CCCC1. The Morgan fingerprint density at radius 1 is 1.43 bits per heavy atom. The quantitative estimate of drug-likeness (QED) is 0.790. The minimum absolute atomic E-state index is 0.396. The van der Waals surface area contributed by atoms with E-state index in [0.29, 0.717) is 5.54 Å². The molecule has 0 atom stereocenters. The molecule has 1 aromatic heterocycles. The number of nitrogens with zero attached hydrogens (tertiary/aromatic N) is 2. The van der Waals surface area contributed by atoms with Crippen LogP contribution in [0.4, 0.5) is 0 Å². The second-order valence-corrected chi connectivity index (χ2v) is 4.46. The van der Waals surface area contributed by atoms with E-state index in [4.69, 9.17) is 0 Å². The predicted molar refractivity (Wildman–Crippen MR) is 57.1 cm³/mol. The third-order valence-corrected chi connectivity index (χ3v) is 3.16. The first kappa shape index (κ1) is 9.71. The summed E-state index contributed by atoms with van der Waals surface area (Å²) < 4.78 is 1.98. The Bertz CT molecular complexity index is 260. The van der Waals surface area contributed by atoms with E-state index >= 15 is 0 Å². The van der Waals surface area contributed by atoms with Crippen molar-refractivity contribution in [1.82, 2.24) is 15.1 Å². The molecule has 78 valence electrons. The van der Waals surface area contributed by atoms with Crippen LogP contribution in [-0.4, -0.2) is 21.9 Å². The van der Waals surface area contributed by atoms with Crippen molar-refractivity contribution in [2.45, 2.75) is 44.7 Å². The summed E-state index contributed by atoms with van der Waals surface area (Å²) in [6.07, 6.45) is 9.25. The fraction of sp³-hybridized carbons (Fsp3) is 0.727. The third kappa shape index (κ3) is 2.35. The summed E-state index contributed by atoms with van der Waals surface area (Å²) in [4.78, 5) is 0. The van der Waals surface area contributed by atoms with E-state index < -0.39 is 0 Å². The van der Waals surface area contributed by atoms with Crippen molar-refractivity contribution in [3.8, 4) is 0 Å². The first-order chi connectivity index (χ1) is 6.79. The molecule has 0 aromatic carbocycles. The molecule has 1 aliphatic rings. The maximum absolute atomic E-state index is 4.18. The molecule has 0 saturated heterocycles. The first-order valence-corrected chi connectivity index (χ1v) is 5.51. The van der Waals surface area contributed by atoms with Crippen LogP contribution in [0.15, 0.2) is 18.5 Å². The monoisotopic (exact) mass is 193 g/mol. The van der Waals surface area contributed by atoms with E-state index in [9.17, 15) is 0 Å². The number of nitrogens with one attached hydrogen (secondary N) is 1. The summed E-state index contributed by atoms with van der Waals surface area (Å²) in [6, 6.07) is 1.97. The highest BCUT2D eigenvalue weighted by molar-refractivity contribution is 4.88. The van der Waals surface area contributed by atoms with Gasteiger partial charge in [0.25, 0.3) is 0 Å². The normalized spacial score (nSPS) is 20.1. The number of hydrogen-bond acceptors (Lipinski definition) is 2. The molecule has 0 spiro atoms. The molecule has 1 saturated carbocycles. The molecule has 0 bridgehead atoms. The Hall–Kier alpha value is -0.830. The van der Waals surface area contributed by atoms with E-state index in [1.165, 1.54) is 25.7 Å². The van der Waals surface area contributed by atoms with Crippen LogP contribution in [0.3, 0.4) is 0 Å². The van der Waals surface area contributed by atoms with Crippen molar-refractivity contribution < 1.29 is 0 Å². The Morgan fingerprint density at radius 3 is 2.86 bits per heavy atom. The van der Waals surface area contributed by atoms with Crippen molar-refractivity contribution in [2.24, 2.45) is 0 Å². The van der Waals surface area contributed by atoms with E-state index in [2.05, 4.69) is 17.3 Å². The fourth-order valence-electron chi connectivity index (χ4n) is 2.24. The second-order valence-electron chi connectivity index (χ2n) is 4.46. The van der Waals surface area contributed by atoms with Crippen LogP contribution in [-0.2, 0) is 6.54 Å². The molecule has 1 N–H and O–H groups in total. The molecular weight excluding hydrogens is 174 g/mol. The zero-order valence-electron chi connectivity index (χ0n) is 8.87. The van der Waals surface area contributed by atoms with Gasteiger partial charge in [0.15, 0.2) is 0 Å². The lowest BCUT2D eigenvalue weighted by Gasteiger charge is -2.25. The Balaban J connectivity index is 1.72. The van der Waals surface area contributed by atoms with E-state index in [1.54, 1.807) is 0 Å². The van der Waals surface area contributed by atoms with Crippen molar-refractivity contribution in [1.29, 1.82) is 0 Å². The van der Waals surface area contributed by atoms with Crippen LogP contribution < -0.4 is 5.32 Å². The number of rotatable bonds is 4. The Labute approximate surface area is 85.5 Å². The number of aromatic nitrogens is 2. The van der Waals surface area contributed by atoms with Crippen molar-refractivity contribution in [3.63, 3.8) is 0 Å². The van der Waals surface area contributed by atoms with Crippen molar-refractivity contribution >= 4 is 0 Å². The van der Waals surface area contributed by atoms with Gasteiger partial charge < -0.3 is 5.32 Å². The third-order valence-electron chi connectivity index (χ3n) is 3.16. The molecule has 1 aliphatic carbocycles. The minimum Gasteiger partial charge on any atom is -0.310 e. The fourth-order valence-corrected chi connectivity index (χ4v) is 2.24. The summed E-state index contributed by atoms with van der Waals surface area (Å²) in [5, 5.41) is 7.82. The largest absolute Gasteiger partial charge is 0.310 e. The van der Waals surface area contributed by atoms with Gasteiger partial charge in [-0.25, -0.2) is 0 Å². The number of hydrogen-bond donors (Lipinski definition) is 1. The van der Waals surface area contributed by atoms with Crippen LogP contribution in [0.5, 0.6) is 0 Å². The van der Waals surface area contributed by atoms with Gasteiger partial charge >= 0.3 is 0 Å². The molecule has 2 rings (SSSR count). The van der Waals surface area contributed by atoms with Gasteiger partial charge in [-0.1, -0.05) is 12.8 Å². The molecule has 0 radical (unpaired) electrons. The average molecular weight is 193 g/mol. The average Bonchev–Trinajstić information content (AvgIpc) is 2.77. The van der Waals surface area contributed by atoms with Gasteiger partial charge in [0.1, 0.15) is 0 Å². The highest BCUT2D eigenvalue weighted by atomic mass is 15.3. The Morgan fingerprint density at radius 2 is 2.21 bits per heavy atom. The summed E-state index contributed by atoms with van der Waals surface area (Å²) >= 11 is 0. The van der Waals surface area contributed by atoms with Gasteiger partial charge in [0, 0.05) is 24.5 Å². The molecule has 0 aliphatic heterocycles. The molecule has 1 aromatic rings. The van der Waals surface area contributed by atoms with Crippen LogP contribution in [0.2, 0.25) is 0 Å². The maximum Gasteiger partial charge on any atom is 0.0534 e. The standard InChI is InChI=1S/C11H19N3/c1-11(5-2-3-6-11)12-8-10-14-9-4-7-13-14/h4,7,9,12H,2-3,5-6,8,10H2,1H3. The van der Waals surface area contributed by atoms with E-state index in [0.717, 1.165) is 13.1 Å². The second kappa shape index (κ2) is 4.13. The van der Waals surface area contributed by atoms with Crippen LogP contribution in [0.1, 0.15) is 32.6 Å². The Kier molecular flexibility index (Phi) is 2.87. The van der Waals surface area contributed by atoms with Crippen molar-refractivity contribution in [3.05, 3.63) is 18.5 Å². The lowest BCUT2D eigenvalue weighted by molar-refractivity contribution is 0.353. The molecule has 0 amide bonds. The lowest BCUT2D eigenvalue weighted by Crippen LogP contribution is -2.41. The molecule has 14 heavy (non-hydrogen) atoms. The summed E-state index contributed by atoms with van der Waals surface area (Å²) in [5.41, 5.74) is 0.396. The highest BCUT2D eigenvalue weighted by Crippen LogP contribution is 2.28. The first-order valence-electron chi connectivity index (χ1n) is 5.51. The van der Waals surface area contributed by atoms with Gasteiger partial charge in [-0.3, -0.25) is 4.68 Å². The molecule has 3 nitrogen and oxygen atoms in total. The lowest BCUT2D eigenvalue weighted by atomic mass is 10.0. The molecule has 0 unspecified atom stereocenters. The zero-order valence-corrected chi connectivity index (χ0v) is 8.87. The van der Waals surface area contributed by atoms with Gasteiger partial charge in [-0.15, -0.1) is 0 Å². The van der Waals surface area contributed by atoms with E-state index in [1.807, 2.05) is 23.1 Å². The van der Waals surface area contributed by atoms with Gasteiger partial charge in [0.2, 0.25) is 0 Å². The van der Waals surface area contributed by atoms with Gasteiger partial charge in [0.05, 0.1) is 6.54 Å². The van der Waals surface area contributed by atoms with Crippen LogP contribution in [0.25, 0.3) is 0 Å². The molecule has 1 fully saturated rings. The van der Waals surface area contributed by atoms with Crippen LogP contribution in [0, 0.1) is 0 Å². The van der Waals surface area contributed by atoms with Gasteiger partial charge in [-0.05, 0) is 25.8 Å². The smallest absolute Gasteiger partial charge is 0.0534 e. The summed E-state index contributed by atoms with van der Waals surface area (Å²) in [5.74, 6) is 0. The highest BCUT2D eigenvalue weighted by Gasteiger charge is 2.27. The van der Waals surface area contributed by atoms with Crippen molar-refractivity contribution in [2.75, 3.05) is 6.54 Å². The molecular formula is C11H19N3. The van der Waals surface area contributed by atoms with E-state index in [-0.39, 0.29) is 0 Å². The topological polar surface area (TPSA) is 29.9 Å². The van der Waals surface area contributed by atoms with Crippen LogP contribution >= 0.6 is 0 Å². The summed E-state index contributed by atoms with van der Waals surface area (Å²) in [6.45, 7) is 4.34. The summed E-state index contributed by atoms with van der Waals surface area (Å²) in [7, 11) is 0. The molecule has 1 heterocycles. The van der Waals surface area contributed by atoms with Gasteiger partial charge in [-0.2, -0.15) is 5.10 Å².